The number of aromatic nitrogens is 1. The number of hydrogen-bond donors (Lipinski definition) is 1. The summed E-state index contributed by atoms with van der Waals surface area (Å²) in [6, 6.07) is 24.7. The third kappa shape index (κ3) is 2.15. The number of aromatic amines is 1. The third-order valence-corrected chi connectivity index (χ3v) is 3.77. The largest absolute Gasteiger partial charge is 0.489 e. The van der Waals surface area contributed by atoms with Crippen molar-refractivity contribution < 1.29 is 4.74 Å². The van der Waals surface area contributed by atoms with Gasteiger partial charge >= 0.3 is 0 Å². The lowest BCUT2D eigenvalue weighted by atomic mass is 10.1. The first-order chi connectivity index (χ1) is 10.4. The van der Waals surface area contributed by atoms with Crippen molar-refractivity contribution in [2.24, 2.45) is 0 Å². The van der Waals surface area contributed by atoms with Gasteiger partial charge in [-0.15, -0.1) is 0 Å². The molecule has 0 bridgehead atoms. The summed E-state index contributed by atoms with van der Waals surface area (Å²) >= 11 is 0. The second-order valence-corrected chi connectivity index (χ2v) is 5.11. The summed E-state index contributed by atoms with van der Waals surface area (Å²) in [5.41, 5.74) is 3.50. The topological polar surface area (TPSA) is 25.0 Å². The average molecular weight is 273 g/mol. The Bertz CT molecular complexity index is 893. The summed E-state index contributed by atoms with van der Waals surface area (Å²) in [5, 5.41) is 2.51. The molecule has 0 saturated carbocycles. The Hall–Kier alpha value is -2.74. The van der Waals surface area contributed by atoms with Crippen molar-refractivity contribution in [1.82, 2.24) is 4.98 Å². The van der Waals surface area contributed by atoms with Crippen LogP contribution in [0.2, 0.25) is 0 Å². The van der Waals surface area contributed by atoms with Gasteiger partial charge in [0, 0.05) is 21.9 Å². The maximum atomic E-state index is 5.88. The number of para-hydroxylation sites is 3. The number of nitrogens with one attached hydrogen (secondary N) is 1. The Balaban J connectivity index is 1.75. The van der Waals surface area contributed by atoms with Gasteiger partial charge in [0.2, 0.25) is 0 Å². The van der Waals surface area contributed by atoms with Gasteiger partial charge in [0.15, 0.2) is 0 Å². The molecule has 1 heterocycles. The molecular formula is C19H15NO. The molecule has 0 fully saturated rings. The molecule has 0 aliphatic carbocycles. The lowest BCUT2D eigenvalue weighted by molar-refractivity contribution is 0.307. The van der Waals surface area contributed by atoms with Crippen molar-refractivity contribution in [1.29, 1.82) is 0 Å². The van der Waals surface area contributed by atoms with Gasteiger partial charge in [0.05, 0.1) is 5.52 Å². The van der Waals surface area contributed by atoms with Crippen molar-refractivity contribution in [3.63, 3.8) is 0 Å². The SMILES string of the molecule is c1ccc(OCc2cccc3c2[nH]c2ccccc23)cc1. The second-order valence-electron chi connectivity index (χ2n) is 5.11. The van der Waals surface area contributed by atoms with Crippen LogP contribution in [-0.2, 0) is 6.61 Å². The van der Waals surface area contributed by atoms with Crippen molar-refractivity contribution >= 4 is 21.8 Å². The zero-order chi connectivity index (χ0) is 14.1. The molecular weight excluding hydrogens is 258 g/mol. The van der Waals surface area contributed by atoms with Gasteiger partial charge in [0.25, 0.3) is 0 Å². The van der Waals surface area contributed by atoms with Crippen LogP contribution in [0.5, 0.6) is 5.75 Å². The predicted octanol–water partition coefficient (Wildman–Crippen LogP) is 4.90. The number of H-pyrrole nitrogens is 1. The van der Waals surface area contributed by atoms with Crippen LogP contribution in [0.25, 0.3) is 21.8 Å². The first-order valence-electron chi connectivity index (χ1n) is 7.08. The lowest BCUT2D eigenvalue weighted by Crippen LogP contribution is -1.96. The molecule has 0 saturated heterocycles. The molecule has 2 heteroatoms. The van der Waals surface area contributed by atoms with Gasteiger partial charge in [-0.25, -0.2) is 0 Å². The van der Waals surface area contributed by atoms with Gasteiger partial charge in [-0.05, 0) is 18.2 Å². The van der Waals surface area contributed by atoms with Crippen LogP contribution >= 0.6 is 0 Å². The van der Waals surface area contributed by atoms with Gasteiger partial charge in [0.1, 0.15) is 12.4 Å². The number of hydrogen-bond acceptors (Lipinski definition) is 1. The molecule has 0 radical (unpaired) electrons. The third-order valence-electron chi connectivity index (χ3n) is 3.77. The highest BCUT2D eigenvalue weighted by Crippen LogP contribution is 2.28. The minimum atomic E-state index is 0.564. The first-order valence-corrected chi connectivity index (χ1v) is 7.08. The molecule has 1 N–H and O–H groups in total. The Morgan fingerprint density at radius 1 is 0.714 bits per heavy atom. The van der Waals surface area contributed by atoms with Crippen LogP contribution in [-0.4, -0.2) is 4.98 Å². The number of fused-ring (bicyclic) bond motifs is 3. The lowest BCUT2D eigenvalue weighted by Gasteiger charge is -2.07. The van der Waals surface area contributed by atoms with Gasteiger partial charge < -0.3 is 9.72 Å². The van der Waals surface area contributed by atoms with E-state index in [1.807, 2.05) is 30.3 Å². The maximum Gasteiger partial charge on any atom is 0.119 e. The summed E-state index contributed by atoms with van der Waals surface area (Å²) in [4.78, 5) is 3.50. The van der Waals surface area contributed by atoms with E-state index in [1.165, 1.54) is 21.9 Å². The molecule has 0 amide bonds. The Kier molecular flexibility index (Phi) is 2.86. The van der Waals surface area contributed by atoms with Crippen molar-refractivity contribution in [3.05, 3.63) is 78.4 Å². The maximum absolute atomic E-state index is 5.88. The molecule has 0 aliphatic heterocycles. The van der Waals surface area contributed by atoms with E-state index in [2.05, 4.69) is 47.4 Å². The molecule has 2 nitrogen and oxygen atoms in total. The number of rotatable bonds is 3. The van der Waals surface area contributed by atoms with E-state index in [0.717, 1.165) is 11.3 Å². The van der Waals surface area contributed by atoms with E-state index in [1.54, 1.807) is 0 Å². The summed E-state index contributed by atoms with van der Waals surface area (Å²) in [7, 11) is 0. The second kappa shape index (κ2) is 4.98. The number of ether oxygens (including phenoxy) is 1. The first kappa shape index (κ1) is 12.0. The molecule has 21 heavy (non-hydrogen) atoms. The molecule has 0 atom stereocenters. The van der Waals surface area contributed by atoms with Gasteiger partial charge in [-0.2, -0.15) is 0 Å². The minimum absolute atomic E-state index is 0.564. The summed E-state index contributed by atoms with van der Waals surface area (Å²) in [6.45, 7) is 0.564. The molecule has 4 aromatic rings. The van der Waals surface area contributed by atoms with Crippen LogP contribution in [0.3, 0.4) is 0 Å². The molecule has 0 spiro atoms. The van der Waals surface area contributed by atoms with Crippen LogP contribution < -0.4 is 4.74 Å². The minimum Gasteiger partial charge on any atom is -0.489 e. The van der Waals surface area contributed by atoms with Crippen LogP contribution in [0.1, 0.15) is 5.56 Å². The van der Waals surface area contributed by atoms with Crippen molar-refractivity contribution in [2.45, 2.75) is 6.61 Å². The highest BCUT2D eigenvalue weighted by Gasteiger charge is 2.07. The summed E-state index contributed by atoms with van der Waals surface area (Å²) in [6.07, 6.45) is 0. The van der Waals surface area contributed by atoms with E-state index in [-0.39, 0.29) is 0 Å². The molecule has 4 rings (SSSR count). The van der Waals surface area contributed by atoms with E-state index in [4.69, 9.17) is 4.74 Å². The predicted molar refractivity (Wildman–Crippen MR) is 86.6 cm³/mol. The summed E-state index contributed by atoms with van der Waals surface area (Å²) < 4.78 is 5.88. The van der Waals surface area contributed by atoms with E-state index < -0.39 is 0 Å². The molecule has 0 unspecified atom stereocenters. The highest BCUT2D eigenvalue weighted by atomic mass is 16.5. The fourth-order valence-corrected chi connectivity index (χ4v) is 2.73. The van der Waals surface area contributed by atoms with Crippen molar-refractivity contribution in [3.8, 4) is 5.75 Å². The Labute approximate surface area is 123 Å². The molecule has 1 aromatic heterocycles. The Morgan fingerprint density at radius 3 is 2.38 bits per heavy atom. The molecule has 3 aromatic carbocycles. The van der Waals surface area contributed by atoms with Crippen LogP contribution in [0.4, 0.5) is 0 Å². The fraction of sp³-hybridized carbons (Fsp3) is 0.0526. The zero-order valence-electron chi connectivity index (χ0n) is 11.5. The monoisotopic (exact) mass is 273 g/mol. The zero-order valence-corrected chi connectivity index (χ0v) is 11.5. The fourth-order valence-electron chi connectivity index (χ4n) is 2.73. The highest BCUT2D eigenvalue weighted by molar-refractivity contribution is 6.08. The quantitative estimate of drug-likeness (QED) is 0.564. The van der Waals surface area contributed by atoms with E-state index >= 15 is 0 Å². The van der Waals surface area contributed by atoms with Crippen LogP contribution in [0.15, 0.2) is 72.8 Å². The standard InChI is InChI=1S/C19H15NO/c1-2-8-15(9-3-1)21-13-14-7-6-11-17-16-10-4-5-12-18(16)20-19(14)17/h1-12,20H,13H2. The molecule has 0 aliphatic rings. The van der Waals surface area contributed by atoms with E-state index in [0.29, 0.717) is 6.61 Å². The van der Waals surface area contributed by atoms with Gasteiger partial charge in [-0.1, -0.05) is 54.6 Å². The summed E-state index contributed by atoms with van der Waals surface area (Å²) in [5.74, 6) is 0.894. The average Bonchev–Trinajstić information content (AvgIpc) is 2.93. The van der Waals surface area contributed by atoms with Gasteiger partial charge in [-0.3, -0.25) is 0 Å². The van der Waals surface area contributed by atoms with Crippen LogP contribution in [0, 0.1) is 0 Å². The van der Waals surface area contributed by atoms with Crippen molar-refractivity contribution in [2.75, 3.05) is 0 Å². The number of benzene rings is 3. The Morgan fingerprint density at radius 2 is 1.48 bits per heavy atom. The normalized spacial score (nSPS) is 11.0. The smallest absolute Gasteiger partial charge is 0.119 e. The van der Waals surface area contributed by atoms with E-state index in [9.17, 15) is 0 Å². The molecule has 102 valence electrons.